The lowest BCUT2D eigenvalue weighted by Crippen LogP contribution is -2.44. The van der Waals surface area contributed by atoms with E-state index in [1.165, 1.54) is 0 Å². The average Bonchev–Trinajstić information content (AvgIpc) is 3.23. The maximum atomic E-state index is 5.65. The second kappa shape index (κ2) is 10.7. The van der Waals surface area contributed by atoms with Crippen LogP contribution in [0.2, 0.25) is 0 Å². The molecule has 2 atom stereocenters. The van der Waals surface area contributed by atoms with Crippen LogP contribution in [0.5, 0.6) is 5.75 Å². The molecule has 1 heterocycles. The summed E-state index contributed by atoms with van der Waals surface area (Å²) in [4.78, 5) is 7.15. The third-order valence-corrected chi connectivity index (χ3v) is 5.17. The topological polar surface area (TPSA) is 58.1 Å². The Kier molecular flexibility index (Phi) is 7.76. The molecule has 1 fully saturated rings. The first-order chi connectivity index (χ1) is 14.2. The number of rotatable bonds is 8. The Bertz CT molecular complexity index is 781. The molecule has 29 heavy (non-hydrogen) atoms. The van der Waals surface area contributed by atoms with Crippen molar-refractivity contribution in [2.75, 3.05) is 45.3 Å². The maximum Gasteiger partial charge on any atom is 0.191 e. The predicted octanol–water partition coefficient (Wildman–Crippen LogP) is 3.22. The lowest BCUT2D eigenvalue weighted by molar-refractivity contribution is 0.111. The number of nitrogens with zero attached hydrogens (tertiary/aromatic N) is 2. The van der Waals surface area contributed by atoms with Crippen molar-refractivity contribution in [3.05, 3.63) is 60.2 Å². The number of benzene rings is 2. The predicted molar refractivity (Wildman–Crippen MR) is 119 cm³/mol. The lowest BCUT2D eigenvalue weighted by Gasteiger charge is -2.22. The van der Waals surface area contributed by atoms with E-state index in [-0.39, 0.29) is 6.10 Å². The molecule has 2 N–H and O–H groups in total. The van der Waals surface area contributed by atoms with E-state index in [2.05, 4.69) is 46.7 Å². The largest absolute Gasteiger partial charge is 0.495 e. The molecule has 3 rings (SSSR count). The average molecular weight is 397 g/mol. The van der Waals surface area contributed by atoms with Crippen molar-refractivity contribution < 1.29 is 9.47 Å². The van der Waals surface area contributed by atoms with Crippen LogP contribution in [0, 0.1) is 0 Å². The standard InChI is InChI=1S/C23H32N4O2/c1-4-24-23(25-16-22(29-3)18-10-6-5-7-11-18)26-19-14-15-27(17-19)20-12-8-9-13-21(20)28-2/h5-13,19,22H,4,14-17H2,1-3H3,(H2,24,25,26). The SMILES string of the molecule is CCNC(=NCC(OC)c1ccccc1)NC1CCN(c2ccccc2OC)C1. The molecule has 0 bridgehead atoms. The summed E-state index contributed by atoms with van der Waals surface area (Å²) in [6, 6.07) is 18.7. The van der Waals surface area contributed by atoms with Crippen LogP contribution in [0.1, 0.15) is 25.0 Å². The van der Waals surface area contributed by atoms with Crippen molar-refractivity contribution in [1.29, 1.82) is 0 Å². The number of nitrogens with one attached hydrogen (secondary N) is 2. The zero-order chi connectivity index (χ0) is 20.5. The molecule has 0 saturated carbocycles. The Morgan fingerprint density at radius 1 is 1.14 bits per heavy atom. The Morgan fingerprint density at radius 2 is 1.90 bits per heavy atom. The van der Waals surface area contributed by atoms with Crippen LogP contribution in [0.25, 0.3) is 0 Å². The van der Waals surface area contributed by atoms with Crippen molar-refractivity contribution >= 4 is 11.6 Å². The second-order valence-electron chi connectivity index (χ2n) is 7.10. The molecule has 0 amide bonds. The number of anilines is 1. The van der Waals surface area contributed by atoms with Crippen molar-refractivity contribution in [2.24, 2.45) is 4.99 Å². The van der Waals surface area contributed by atoms with Crippen LogP contribution in [-0.2, 0) is 4.74 Å². The third kappa shape index (κ3) is 5.64. The molecule has 6 nitrogen and oxygen atoms in total. The van der Waals surface area contributed by atoms with Gasteiger partial charge < -0.3 is 25.0 Å². The van der Waals surface area contributed by atoms with E-state index in [1.807, 2.05) is 30.3 Å². The monoisotopic (exact) mass is 396 g/mol. The highest BCUT2D eigenvalue weighted by molar-refractivity contribution is 5.80. The first-order valence-corrected chi connectivity index (χ1v) is 10.3. The maximum absolute atomic E-state index is 5.65. The van der Waals surface area contributed by atoms with Crippen LogP contribution in [-0.4, -0.2) is 52.4 Å². The molecule has 1 saturated heterocycles. The minimum absolute atomic E-state index is 0.0553. The molecule has 2 aromatic rings. The van der Waals surface area contributed by atoms with Crippen LogP contribution in [0.4, 0.5) is 5.69 Å². The van der Waals surface area contributed by atoms with Crippen LogP contribution in [0.3, 0.4) is 0 Å². The number of para-hydroxylation sites is 2. The van der Waals surface area contributed by atoms with Gasteiger partial charge in [-0.2, -0.15) is 0 Å². The summed E-state index contributed by atoms with van der Waals surface area (Å²) in [5.74, 6) is 1.75. The lowest BCUT2D eigenvalue weighted by atomic mass is 10.1. The molecular formula is C23H32N4O2. The van der Waals surface area contributed by atoms with E-state index < -0.39 is 0 Å². The number of hydrogen-bond acceptors (Lipinski definition) is 4. The molecule has 0 spiro atoms. The normalized spacial score (nSPS) is 17.8. The molecule has 0 aliphatic carbocycles. The van der Waals surface area contributed by atoms with Crippen molar-refractivity contribution in [1.82, 2.24) is 10.6 Å². The molecule has 6 heteroatoms. The molecule has 1 aliphatic heterocycles. The van der Waals surface area contributed by atoms with Gasteiger partial charge in [-0.3, -0.25) is 4.99 Å². The van der Waals surface area contributed by atoms with Gasteiger partial charge in [-0.05, 0) is 31.0 Å². The number of hydrogen-bond donors (Lipinski definition) is 2. The number of guanidine groups is 1. The molecule has 0 radical (unpaired) electrons. The minimum Gasteiger partial charge on any atom is -0.495 e. The van der Waals surface area contributed by atoms with Gasteiger partial charge >= 0.3 is 0 Å². The van der Waals surface area contributed by atoms with Crippen molar-refractivity contribution in [2.45, 2.75) is 25.5 Å². The fraction of sp³-hybridized carbons (Fsp3) is 0.435. The fourth-order valence-corrected chi connectivity index (χ4v) is 3.66. The van der Waals surface area contributed by atoms with Gasteiger partial charge in [-0.25, -0.2) is 0 Å². The smallest absolute Gasteiger partial charge is 0.191 e. The highest BCUT2D eigenvalue weighted by Crippen LogP contribution is 2.30. The summed E-state index contributed by atoms with van der Waals surface area (Å²) in [7, 11) is 3.45. The molecule has 1 aliphatic rings. The van der Waals surface area contributed by atoms with Gasteiger partial charge in [-0.1, -0.05) is 42.5 Å². The summed E-state index contributed by atoms with van der Waals surface area (Å²) < 4.78 is 11.2. The minimum atomic E-state index is -0.0553. The van der Waals surface area contributed by atoms with Gasteiger partial charge in [0.25, 0.3) is 0 Å². The first kappa shape index (κ1) is 21.0. The number of methoxy groups -OCH3 is 2. The zero-order valence-electron chi connectivity index (χ0n) is 17.6. The van der Waals surface area contributed by atoms with Crippen LogP contribution < -0.4 is 20.3 Å². The van der Waals surface area contributed by atoms with E-state index in [0.29, 0.717) is 12.6 Å². The Labute approximate surface area is 173 Å². The fourth-order valence-electron chi connectivity index (χ4n) is 3.66. The quantitative estimate of drug-likeness (QED) is 0.530. The molecule has 156 valence electrons. The Balaban J connectivity index is 1.62. The molecular weight excluding hydrogens is 364 g/mol. The van der Waals surface area contributed by atoms with Gasteiger partial charge in [-0.15, -0.1) is 0 Å². The van der Waals surface area contributed by atoms with Gasteiger partial charge in [0.1, 0.15) is 11.9 Å². The van der Waals surface area contributed by atoms with E-state index >= 15 is 0 Å². The molecule has 0 aromatic heterocycles. The van der Waals surface area contributed by atoms with Crippen molar-refractivity contribution in [3.8, 4) is 5.75 Å². The molecule has 2 unspecified atom stereocenters. The zero-order valence-corrected chi connectivity index (χ0v) is 17.6. The van der Waals surface area contributed by atoms with Gasteiger partial charge in [0.2, 0.25) is 0 Å². The van der Waals surface area contributed by atoms with Gasteiger partial charge in [0.15, 0.2) is 5.96 Å². The van der Waals surface area contributed by atoms with E-state index in [4.69, 9.17) is 14.5 Å². The third-order valence-electron chi connectivity index (χ3n) is 5.17. The Morgan fingerprint density at radius 3 is 2.62 bits per heavy atom. The summed E-state index contributed by atoms with van der Waals surface area (Å²) >= 11 is 0. The summed E-state index contributed by atoms with van der Waals surface area (Å²) in [5, 5.41) is 6.94. The first-order valence-electron chi connectivity index (χ1n) is 10.3. The summed E-state index contributed by atoms with van der Waals surface area (Å²) in [6.45, 7) is 5.37. The highest BCUT2D eigenvalue weighted by atomic mass is 16.5. The summed E-state index contributed by atoms with van der Waals surface area (Å²) in [5.41, 5.74) is 2.28. The van der Waals surface area contributed by atoms with Gasteiger partial charge in [0, 0.05) is 32.8 Å². The second-order valence-corrected chi connectivity index (χ2v) is 7.10. The summed E-state index contributed by atoms with van der Waals surface area (Å²) in [6.07, 6.45) is 0.995. The molecule has 2 aromatic carbocycles. The number of aliphatic imine (C=N–C) groups is 1. The Hall–Kier alpha value is -2.73. The van der Waals surface area contributed by atoms with E-state index in [1.54, 1.807) is 14.2 Å². The van der Waals surface area contributed by atoms with Crippen molar-refractivity contribution in [3.63, 3.8) is 0 Å². The van der Waals surface area contributed by atoms with E-state index in [0.717, 1.165) is 49.0 Å². The number of ether oxygens (including phenoxy) is 2. The van der Waals surface area contributed by atoms with Gasteiger partial charge in [0.05, 0.1) is 19.3 Å². The van der Waals surface area contributed by atoms with Crippen LogP contribution in [0.15, 0.2) is 59.6 Å². The van der Waals surface area contributed by atoms with E-state index in [9.17, 15) is 0 Å². The highest BCUT2D eigenvalue weighted by Gasteiger charge is 2.25. The van der Waals surface area contributed by atoms with Crippen LogP contribution >= 0.6 is 0 Å².